The lowest BCUT2D eigenvalue weighted by atomic mass is 10.1. The van der Waals surface area contributed by atoms with Crippen molar-refractivity contribution in [3.05, 3.63) is 63.6 Å². The fourth-order valence-electron chi connectivity index (χ4n) is 3.07. The molecule has 33 heavy (non-hydrogen) atoms. The van der Waals surface area contributed by atoms with Gasteiger partial charge >= 0.3 is 0 Å². The van der Waals surface area contributed by atoms with Crippen molar-refractivity contribution in [2.45, 2.75) is 44.7 Å². The average Bonchev–Trinajstić information content (AvgIpc) is 2.76. The van der Waals surface area contributed by atoms with Crippen molar-refractivity contribution >= 4 is 45.0 Å². The minimum atomic E-state index is -3.89. The summed E-state index contributed by atoms with van der Waals surface area (Å²) < 4.78 is 26.9. The number of likely N-dealkylation sites (N-methyl/N-ethyl adjacent to an activating group) is 1. The van der Waals surface area contributed by atoms with Crippen molar-refractivity contribution in [3.8, 4) is 0 Å². The molecule has 10 heteroatoms. The van der Waals surface area contributed by atoms with Crippen LogP contribution < -0.4 is 5.32 Å². The largest absolute Gasteiger partial charge is 0.354 e. The summed E-state index contributed by atoms with van der Waals surface area (Å²) in [6, 6.07) is 10.4. The van der Waals surface area contributed by atoms with Gasteiger partial charge in [-0.25, -0.2) is 8.42 Å². The average molecular weight is 514 g/mol. The molecule has 0 aliphatic carbocycles. The topological polar surface area (TPSA) is 86.8 Å². The molecule has 2 amide bonds. The number of carbonyl (C=O) groups excluding carboxylic acids is 2. The van der Waals surface area contributed by atoms with Crippen LogP contribution in [0.15, 0.2) is 47.4 Å². The number of aryl methyl sites for hydroxylation is 1. The number of hydrogen-bond donors (Lipinski definition) is 1. The van der Waals surface area contributed by atoms with Crippen molar-refractivity contribution < 1.29 is 18.0 Å². The van der Waals surface area contributed by atoms with E-state index >= 15 is 0 Å². The molecular weight excluding hydrogens is 485 g/mol. The SMILES string of the molecule is CCCNC(=O)C(C)N(Cc1ccc(Cl)cc1Cl)C(=O)CN(C)S(=O)(=O)c1ccc(C)cc1. The summed E-state index contributed by atoms with van der Waals surface area (Å²) in [6.07, 6.45) is 0.743. The summed E-state index contributed by atoms with van der Waals surface area (Å²) in [4.78, 5) is 27.3. The predicted molar refractivity (Wildman–Crippen MR) is 131 cm³/mol. The first kappa shape index (κ1) is 27.1. The van der Waals surface area contributed by atoms with E-state index in [2.05, 4.69) is 5.32 Å². The van der Waals surface area contributed by atoms with Gasteiger partial charge in [-0.1, -0.05) is 53.9 Å². The maximum Gasteiger partial charge on any atom is 0.243 e. The molecule has 1 atom stereocenters. The normalized spacial score (nSPS) is 12.5. The minimum absolute atomic E-state index is 0.0218. The Morgan fingerprint density at radius 2 is 1.73 bits per heavy atom. The Bertz CT molecular complexity index is 1090. The molecule has 2 aromatic carbocycles. The number of nitrogens with zero attached hydrogens (tertiary/aromatic N) is 2. The number of rotatable bonds is 10. The molecule has 1 N–H and O–H groups in total. The Morgan fingerprint density at radius 3 is 2.30 bits per heavy atom. The van der Waals surface area contributed by atoms with Crippen LogP contribution in [0.4, 0.5) is 0 Å². The predicted octanol–water partition coefficient (Wildman–Crippen LogP) is 3.87. The first-order valence-corrected chi connectivity index (χ1v) is 12.7. The third-order valence-corrected chi connectivity index (χ3v) is 7.56. The Kier molecular flexibility index (Phi) is 9.72. The number of halogens is 2. The van der Waals surface area contributed by atoms with E-state index in [1.54, 1.807) is 37.3 Å². The summed E-state index contributed by atoms with van der Waals surface area (Å²) in [6.45, 7) is 5.43. The molecule has 0 aliphatic heterocycles. The fraction of sp³-hybridized carbons (Fsp3) is 0.391. The Hall–Kier alpha value is -2.13. The van der Waals surface area contributed by atoms with Crippen molar-refractivity contribution in [2.24, 2.45) is 0 Å². The summed E-state index contributed by atoms with van der Waals surface area (Å²) in [5.41, 5.74) is 1.51. The molecule has 0 fully saturated rings. The molecule has 1 unspecified atom stereocenters. The van der Waals surface area contributed by atoms with Crippen LogP contribution in [0, 0.1) is 6.92 Å². The van der Waals surface area contributed by atoms with E-state index in [-0.39, 0.29) is 17.3 Å². The van der Waals surface area contributed by atoms with Crippen LogP contribution in [0.2, 0.25) is 10.0 Å². The standard InChI is InChI=1S/C23H29Cl2N3O4S/c1-5-12-26-23(30)17(3)28(14-18-8-9-19(24)13-21(18)25)22(29)15-27(4)33(31,32)20-10-6-16(2)7-11-20/h6-11,13,17H,5,12,14-15H2,1-4H3,(H,26,30). The molecule has 0 radical (unpaired) electrons. The Balaban J connectivity index is 2.29. The number of amides is 2. The molecule has 0 spiro atoms. The van der Waals surface area contributed by atoms with Crippen LogP contribution in [0.3, 0.4) is 0 Å². The van der Waals surface area contributed by atoms with Crippen molar-refractivity contribution in [1.82, 2.24) is 14.5 Å². The number of carbonyl (C=O) groups is 2. The molecule has 0 saturated carbocycles. The summed E-state index contributed by atoms with van der Waals surface area (Å²) in [7, 11) is -2.55. The van der Waals surface area contributed by atoms with Crippen LogP contribution in [0.1, 0.15) is 31.4 Å². The van der Waals surface area contributed by atoms with Crippen LogP contribution in [-0.2, 0) is 26.2 Å². The van der Waals surface area contributed by atoms with Gasteiger partial charge < -0.3 is 10.2 Å². The molecule has 2 aromatic rings. The van der Waals surface area contributed by atoms with Gasteiger partial charge in [0, 0.05) is 30.2 Å². The fourth-order valence-corrected chi connectivity index (χ4v) is 4.66. The molecule has 0 bridgehead atoms. The lowest BCUT2D eigenvalue weighted by molar-refractivity contribution is -0.140. The smallest absolute Gasteiger partial charge is 0.243 e. The number of nitrogens with one attached hydrogen (secondary N) is 1. The van der Waals surface area contributed by atoms with Crippen molar-refractivity contribution in [1.29, 1.82) is 0 Å². The monoisotopic (exact) mass is 513 g/mol. The molecular formula is C23H29Cl2N3O4S. The van der Waals surface area contributed by atoms with E-state index in [0.717, 1.165) is 16.3 Å². The third kappa shape index (κ3) is 7.17. The maximum absolute atomic E-state index is 13.3. The van der Waals surface area contributed by atoms with E-state index < -0.39 is 28.5 Å². The molecule has 2 rings (SSSR count). The zero-order valence-corrected chi connectivity index (χ0v) is 21.5. The van der Waals surface area contributed by atoms with Gasteiger partial charge in [0.05, 0.1) is 11.4 Å². The lowest BCUT2D eigenvalue weighted by Gasteiger charge is -2.30. The molecule has 0 aliphatic rings. The highest BCUT2D eigenvalue weighted by Gasteiger charge is 2.30. The zero-order chi connectivity index (χ0) is 24.8. The highest BCUT2D eigenvalue weighted by atomic mass is 35.5. The first-order chi connectivity index (χ1) is 15.5. The highest BCUT2D eigenvalue weighted by molar-refractivity contribution is 7.89. The first-order valence-electron chi connectivity index (χ1n) is 10.5. The van der Waals surface area contributed by atoms with Crippen LogP contribution in [0.25, 0.3) is 0 Å². The number of benzene rings is 2. The van der Waals surface area contributed by atoms with E-state index in [1.807, 2.05) is 13.8 Å². The molecule has 180 valence electrons. The molecule has 7 nitrogen and oxygen atoms in total. The van der Waals surface area contributed by atoms with Gasteiger partial charge in [0.15, 0.2) is 0 Å². The second-order valence-electron chi connectivity index (χ2n) is 7.80. The van der Waals surface area contributed by atoms with Crippen LogP contribution in [-0.4, -0.2) is 55.6 Å². The lowest BCUT2D eigenvalue weighted by Crippen LogP contribution is -2.50. The summed E-state index contributed by atoms with van der Waals surface area (Å²) in [5, 5.41) is 3.57. The van der Waals surface area contributed by atoms with E-state index in [1.165, 1.54) is 24.1 Å². The summed E-state index contributed by atoms with van der Waals surface area (Å²) >= 11 is 12.3. The maximum atomic E-state index is 13.3. The van der Waals surface area contributed by atoms with E-state index in [9.17, 15) is 18.0 Å². The van der Waals surface area contributed by atoms with Gasteiger partial charge in [-0.15, -0.1) is 0 Å². The van der Waals surface area contributed by atoms with Gasteiger partial charge in [0.1, 0.15) is 6.04 Å². The molecule has 0 heterocycles. The van der Waals surface area contributed by atoms with E-state index in [0.29, 0.717) is 22.2 Å². The van der Waals surface area contributed by atoms with Gasteiger partial charge in [-0.2, -0.15) is 4.31 Å². The van der Waals surface area contributed by atoms with Crippen molar-refractivity contribution in [2.75, 3.05) is 20.1 Å². The van der Waals surface area contributed by atoms with Crippen molar-refractivity contribution in [3.63, 3.8) is 0 Å². The molecule has 0 aromatic heterocycles. The Labute approximate surface area is 205 Å². The van der Waals surface area contributed by atoms with E-state index in [4.69, 9.17) is 23.2 Å². The second-order valence-corrected chi connectivity index (χ2v) is 10.7. The van der Waals surface area contributed by atoms with Gasteiger partial charge in [0.25, 0.3) is 0 Å². The molecule has 0 saturated heterocycles. The van der Waals surface area contributed by atoms with Gasteiger partial charge in [-0.3, -0.25) is 9.59 Å². The minimum Gasteiger partial charge on any atom is -0.354 e. The number of sulfonamides is 1. The zero-order valence-electron chi connectivity index (χ0n) is 19.1. The second kappa shape index (κ2) is 11.8. The quantitative estimate of drug-likeness (QED) is 0.522. The number of hydrogen-bond acceptors (Lipinski definition) is 4. The Morgan fingerprint density at radius 1 is 1.09 bits per heavy atom. The van der Waals surface area contributed by atoms with Gasteiger partial charge in [-0.05, 0) is 50.1 Å². The van der Waals surface area contributed by atoms with Crippen LogP contribution >= 0.6 is 23.2 Å². The highest BCUT2D eigenvalue weighted by Crippen LogP contribution is 2.24. The third-order valence-electron chi connectivity index (χ3n) is 5.16. The van der Waals surface area contributed by atoms with Gasteiger partial charge in [0.2, 0.25) is 21.8 Å². The van der Waals surface area contributed by atoms with Crippen LogP contribution in [0.5, 0.6) is 0 Å². The summed E-state index contributed by atoms with van der Waals surface area (Å²) in [5.74, 6) is -0.863.